The average molecular weight is 235 g/mol. The first-order valence-corrected chi connectivity index (χ1v) is 6.13. The van der Waals surface area contributed by atoms with Crippen LogP contribution in [0.15, 0.2) is 24.3 Å². The van der Waals surface area contributed by atoms with E-state index < -0.39 is 0 Å². The Kier molecular flexibility index (Phi) is 4.56. The van der Waals surface area contributed by atoms with Crippen molar-refractivity contribution in [3.63, 3.8) is 0 Å². The molecular weight excluding hydrogens is 212 g/mol. The number of hydrogen-bond acceptors (Lipinski definition) is 2. The molecule has 1 aliphatic carbocycles. The van der Waals surface area contributed by atoms with E-state index in [-0.39, 0.29) is 5.91 Å². The molecule has 3 heteroatoms. The van der Waals surface area contributed by atoms with Crippen LogP contribution in [0.25, 0.3) is 0 Å². The lowest BCUT2D eigenvalue weighted by atomic mass is 9.95. The lowest BCUT2D eigenvalue weighted by Crippen LogP contribution is -2.36. The van der Waals surface area contributed by atoms with Crippen molar-refractivity contribution in [2.24, 2.45) is 0 Å². The summed E-state index contributed by atoms with van der Waals surface area (Å²) >= 11 is 0. The molecule has 0 spiro atoms. The van der Waals surface area contributed by atoms with E-state index in [2.05, 4.69) is 11.5 Å². The number of carbonyl (C=O) groups excluding carboxylic acids is 1. The summed E-state index contributed by atoms with van der Waals surface area (Å²) in [5.41, 5.74) is 1.96. The molecule has 1 fully saturated rings. The highest BCUT2D eigenvalue weighted by atomic mass is 16.1. The Bertz CT molecular complexity index is 359. The highest BCUT2D eigenvalue weighted by Crippen LogP contribution is 2.17. The van der Waals surface area contributed by atoms with Crippen molar-refractivity contribution in [2.75, 3.05) is 0 Å². The van der Waals surface area contributed by atoms with Gasteiger partial charge in [-0.25, -0.2) is 0 Å². The number of hydrogen-bond donors (Lipinski definition) is 2. The molecule has 0 aromatic heterocycles. The number of aryl methyl sites for hydroxylation is 1. The van der Waals surface area contributed by atoms with Crippen molar-refractivity contribution in [3.8, 4) is 0 Å². The molecule has 0 aliphatic heterocycles. The van der Waals surface area contributed by atoms with Crippen molar-refractivity contribution >= 4 is 5.91 Å². The molecule has 94 valence electrons. The van der Waals surface area contributed by atoms with Crippen molar-refractivity contribution in [3.05, 3.63) is 35.4 Å². The van der Waals surface area contributed by atoms with Gasteiger partial charge in [0.1, 0.15) is 1.41 Å². The number of amides is 1. The first-order valence-electron chi connectivity index (χ1n) is 6.71. The quantitative estimate of drug-likeness (QED) is 0.826. The van der Waals surface area contributed by atoms with Crippen molar-refractivity contribution in [2.45, 2.75) is 45.1 Å². The van der Waals surface area contributed by atoms with Gasteiger partial charge in [-0.3, -0.25) is 4.79 Å². The zero-order valence-corrected chi connectivity index (χ0v) is 10.4. The Morgan fingerprint density at radius 3 is 2.41 bits per heavy atom. The fourth-order valence-electron chi connectivity index (χ4n) is 2.22. The number of carbonyl (C=O) groups is 1. The fraction of sp³-hybridized carbons (Fsp3) is 0.500. The van der Waals surface area contributed by atoms with Crippen LogP contribution in [-0.4, -0.2) is 11.9 Å². The lowest BCUT2D eigenvalue weighted by Gasteiger charge is -2.22. The zero-order valence-electron chi connectivity index (χ0n) is 11.4. The standard InChI is InChI=1S/C14H19NO.H3N/c1-11-7-9-12(10-8-11)14(16)15-13-5-3-2-4-6-13;/h7-10,13H,2-6H2,1H3,(H,15,16);1H3/i/hD. The summed E-state index contributed by atoms with van der Waals surface area (Å²) in [7, 11) is 0. The summed E-state index contributed by atoms with van der Waals surface area (Å²) in [5.74, 6) is 0.0758. The van der Waals surface area contributed by atoms with Gasteiger partial charge in [-0.05, 0) is 31.9 Å². The van der Waals surface area contributed by atoms with E-state index in [0.717, 1.165) is 18.4 Å². The Morgan fingerprint density at radius 2 is 1.82 bits per heavy atom. The molecule has 1 aliphatic rings. The second-order valence-electron chi connectivity index (χ2n) is 4.67. The highest BCUT2D eigenvalue weighted by molar-refractivity contribution is 5.94. The zero-order chi connectivity index (χ0) is 13.4. The maximum absolute atomic E-state index is 11.9. The summed E-state index contributed by atoms with van der Waals surface area (Å²) in [6.45, 7) is 2.03. The lowest BCUT2D eigenvalue weighted by molar-refractivity contribution is 0.0927. The Hall–Kier alpha value is -1.35. The summed E-state index contributed by atoms with van der Waals surface area (Å²) < 4.78 is 5.25. The van der Waals surface area contributed by atoms with Crippen LogP contribution >= 0.6 is 0 Å². The summed E-state index contributed by atoms with van der Waals surface area (Å²) in [6.07, 6.45) is 9.84. The molecule has 0 heterocycles. The van der Waals surface area contributed by atoms with E-state index in [0.29, 0.717) is 6.04 Å². The van der Waals surface area contributed by atoms with Crippen LogP contribution in [0.5, 0.6) is 0 Å². The molecule has 4 N–H and O–H groups in total. The van der Waals surface area contributed by atoms with Gasteiger partial charge in [0.25, 0.3) is 5.91 Å². The summed E-state index contributed by atoms with van der Waals surface area (Å²) in [5, 5.41) is 3.12. The molecule has 3 nitrogen and oxygen atoms in total. The molecule has 0 atom stereocenters. The fourth-order valence-corrected chi connectivity index (χ4v) is 2.22. The van der Waals surface area contributed by atoms with Gasteiger partial charge in [-0.1, -0.05) is 37.0 Å². The van der Waals surface area contributed by atoms with E-state index in [1.165, 1.54) is 24.8 Å². The van der Waals surface area contributed by atoms with E-state index >= 15 is 0 Å². The molecule has 1 saturated carbocycles. The van der Waals surface area contributed by atoms with E-state index in [9.17, 15) is 4.79 Å². The highest BCUT2D eigenvalue weighted by Gasteiger charge is 2.16. The van der Waals surface area contributed by atoms with Crippen LogP contribution < -0.4 is 11.5 Å². The minimum Gasteiger partial charge on any atom is -0.349 e. The van der Waals surface area contributed by atoms with Crippen LogP contribution in [0.1, 0.15) is 48.0 Å². The smallest absolute Gasteiger partial charge is 0.251 e. The predicted molar refractivity (Wildman–Crippen MR) is 70.5 cm³/mol. The SMILES string of the molecule is Cc1ccc(C(=O)NC2CCCCC2)cc1.[2H]N. The maximum Gasteiger partial charge on any atom is 0.251 e. The van der Waals surface area contributed by atoms with Crippen molar-refractivity contribution in [1.82, 2.24) is 11.5 Å². The minimum atomic E-state index is 0.0758. The molecule has 0 bridgehead atoms. The van der Waals surface area contributed by atoms with Gasteiger partial charge in [-0.2, -0.15) is 0 Å². The number of benzene rings is 1. The normalized spacial score (nSPS) is 16.5. The van der Waals surface area contributed by atoms with Gasteiger partial charge in [0.05, 0.1) is 0 Å². The van der Waals surface area contributed by atoms with Crippen molar-refractivity contribution in [1.29, 1.82) is 0 Å². The molecule has 1 aromatic carbocycles. The van der Waals surface area contributed by atoms with Crippen LogP contribution in [-0.2, 0) is 0 Å². The van der Waals surface area contributed by atoms with E-state index in [1.807, 2.05) is 31.2 Å². The maximum atomic E-state index is 11.9. The van der Waals surface area contributed by atoms with Gasteiger partial charge in [-0.15, -0.1) is 0 Å². The molecule has 0 radical (unpaired) electrons. The topological polar surface area (TPSA) is 64.1 Å². The van der Waals surface area contributed by atoms with Crippen LogP contribution in [0, 0.1) is 6.92 Å². The molecule has 0 saturated heterocycles. The van der Waals surface area contributed by atoms with Crippen LogP contribution in [0.3, 0.4) is 0 Å². The number of rotatable bonds is 2. The predicted octanol–water partition coefficient (Wildman–Crippen LogP) is 3.22. The van der Waals surface area contributed by atoms with Gasteiger partial charge in [0.15, 0.2) is 0 Å². The Morgan fingerprint density at radius 1 is 1.24 bits per heavy atom. The van der Waals surface area contributed by atoms with Gasteiger partial charge < -0.3 is 11.5 Å². The third-order valence-corrected chi connectivity index (χ3v) is 3.25. The Balaban J connectivity index is 0.000000771. The second kappa shape index (κ2) is 6.40. The molecule has 2 rings (SSSR count). The minimum absolute atomic E-state index is 0.0758. The summed E-state index contributed by atoms with van der Waals surface area (Å²) in [6, 6.07) is 8.15. The van der Waals surface area contributed by atoms with Crippen LogP contribution in [0.4, 0.5) is 0 Å². The van der Waals surface area contributed by atoms with Gasteiger partial charge in [0, 0.05) is 11.6 Å². The van der Waals surface area contributed by atoms with Gasteiger partial charge in [0.2, 0.25) is 0 Å². The van der Waals surface area contributed by atoms with Gasteiger partial charge >= 0.3 is 0 Å². The third kappa shape index (κ3) is 3.86. The molecule has 1 amide bonds. The van der Waals surface area contributed by atoms with E-state index in [1.54, 1.807) is 0 Å². The third-order valence-electron chi connectivity index (χ3n) is 3.25. The van der Waals surface area contributed by atoms with Crippen LogP contribution in [0.2, 0.25) is 1.41 Å². The first kappa shape index (κ1) is 12.1. The number of nitrogens with one attached hydrogen (secondary N) is 1. The largest absolute Gasteiger partial charge is 0.349 e. The van der Waals surface area contributed by atoms with Crippen molar-refractivity contribution < 1.29 is 6.21 Å². The van der Waals surface area contributed by atoms with E-state index in [4.69, 9.17) is 1.41 Å². The molecule has 17 heavy (non-hydrogen) atoms. The Labute approximate surface area is 105 Å². The first-order chi connectivity index (χ1) is 8.75. The monoisotopic (exact) mass is 235 g/mol. The molecule has 1 aromatic rings. The molecule has 0 unspecified atom stereocenters. The summed E-state index contributed by atoms with van der Waals surface area (Å²) in [4.78, 5) is 11.9. The average Bonchev–Trinajstić information content (AvgIpc) is 2.43. The molecular formula is C14H22N2O. The second-order valence-corrected chi connectivity index (χ2v) is 4.67.